The van der Waals surface area contributed by atoms with E-state index in [0.29, 0.717) is 36.3 Å². The summed E-state index contributed by atoms with van der Waals surface area (Å²) >= 11 is 0. The molecule has 4 rings (SSSR count). The molecule has 1 aliphatic heterocycles. The van der Waals surface area contributed by atoms with Gasteiger partial charge < -0.3 is 16.0 Å². The van der Waals surface area contributed by atoms with Gasteiger partial charge >= 0.3 is 0 Å². The van der Waals surface area contributed by atoms with E-state index in [1.807, 2.05) is 17.0 Å². The predicted octanol–water partition coefficient (Wildman–Crippen LogP) is 2.32. The molecule has 148 valence electrons. The summed E-state index contributed by atoms with van der Waals surface area (Å²) in [5.74, 6) is -1.24. The highest BCUT2D eigenvalue weighted by molar-refractivity contribution is 6.00. The van der Waals surface area contributed by atoms with Gasteiger partial charge in [-0.15, -0.1) is 0 Å². The summed E-state index contributed by atoms with van der Waals surface area (Å²) in [6, 6.07) is 13.2. The second kappa shape index (κ2) is 7.75. The molecule has 0 saturated carbocycles. The number of benzene rings is 2. The largest absolute Gasteiger partial charge is 0.369 e. The molecule has 2 amide bonds. The highest BCUT2D eigenvalue weighted by atomic mass is 19.1. The van der Waals surface area contributed by atoms with Gasteiger partial charge in [-0.05, 0) is 30.7 Å². The third-order valence-electron chi connectivity index (χ3n) is 5.06. The molecule has 1 unspecified atom stereocenters. The maximum Gasteiger partial charge on any atom is 0.255 e. The zero-order valence-corrected chi connectivity index (χ0v) is 15.6. The number of aromatic nitrogens is 2. The lowest BCUT2D eigenvalue weighted by atomic mass is 10.1. The van der Waals surface area contributed by atoms with Crippen molar-refractivity contribution in [2.75, 3.05) is 18.0 Å². The number of nitrogens with zero attached hydrogens (tertiary/aromatic N) is 2. The summed E-state index contributed by atoms with van der Waals surface area (Å²) < 4.78 is 14.1. The number of carbonyl (C=O) groups excluding carboxylic acids is 2. The molecule has 1 atom stereocenters. The molecular weight excluding hydrogens is 373 g/mol. The fraction of sp³-hybridized carbons (Fsp3) is 0.190. The maximum absolute atomic E-state index is 14.1. The number of carbonyl (C=O) groups is 2. The van der Waals surface area contributed by atoms with Crippen LogP contribution < -0.4 is 16.0 Å². The Kier molecular flexibility index (Phi) is 4.99. The summed E-state index contributed by atoms with van der Waals surface area (Å²) in [6.45, 7) is 1.23. The van der Waals surface area contributed by atoms with E-state index in [4.69, 9.17) is 5.73 Å². The number of nitrogens with one attached hydrogen (secondary N) is 2. The lowest BCUT2D eigenvalue weighted by Gasteiger charge is -2.21. The number of halogens is 1. The minimum atomic E-state index is -0.485. The van der Waals surface area contributed by atoms with Gasteiger partial charge in [-0.25, -0.2) is 4.39 Å². The molecule has 29 heavy (non-hydrogen) atoms. The Morgan fingerprint density at radius 2 is 1.90 bits per heavy atom. The van der Waals surface area contributed by atoms with Gasteiger partial charge in [0.2, 0.25) is 0 Å². The number of para-hydroxylation sites is 1. The predicted molar refractivity (Wildman–Crippen MR) is 107 cm³/mol. The Hall–Kier alpha value is -3.68. The highest BCUT2D eigenvalue weighted by Gasteiger charge is 2.28. The average molecular weight is 393 g/mol. The first-order valence-corrected chi connectivity index (χ1v) is 9.27. The van der Waals surface area contributed by atoms with Crippen molar-refractivity contribution in [2.24, 2.45) is 5.73 Å². The molecule has 7 nitrogen and oxygen atoms in total. The molecule has 1 aromatic heterocycles. The molecule has 0 radical (unpaired) electrons. The van der Waals surface area contributed by atoms with Crippen LogP contribution >= 0.6 is 0 Å². The van der Waals surface area contributed by atoms with E-state index >= 15 is 0 Å². The van der Waals surface area contributed by atoms with Gasteiger partial charge in [0.05, 0.1) is 23.0 Å². The lowest BCUT2D eigenvalue weighted by molar-refractivity contribution is 0.0939. The fourth-order valence-electron chi connectivity index (χ4n) is 3.65. The Balaban J connectivity index is 1.49. The Morgan fingerprint density at radius 3 is 2.69 bits per heavy atom. The van der Waals surface area contributed by atoms with Crippen molar-refractivity contribution in [2.45, 2.75) is 12.5 Å². The second-order valence-corrected chi connectivity index (χ2v) is 6.92. The number of H-pyrrole nitrogens is 1. The number of aromatic amines is 1. The average Bonchev–Trinajstić information content (AvgIpc) is 3.38. The standard InChI is InChI=1S/C21H20FN5O2/c22-17-7-3-1-5-14(17)19-16(11-24-26-19)21(29)25-13-9-10-27(12-13)18-8-4-2-6-15(18)20(23)28/h1-8,11,13H,9-10,12H2,(H2,23,28)(H,24,26)(H,25,29). The van der Waals surface area contributed by atoms with Crippen molar-refractivity contribution in [3.05, 3.63) is 71.7 Å². The smallest absolute Gasteiger partial charge is 0.255 e. The Labute approximate surface area is 166 Å². The summed E-state index contributed by atoms with van der Waals surface area (Å²) in [7, 11) is 0. The zero-order chi connectivity index (χ0) is 20.4. The molecule has 1 aliphatic rings. The van der Waals surface area contributed by atoms with Crippen molar-refractivity contribution >= 4 is 17.5 Å². The van der Waals surface area contributed by atoms with Crippen LogP contribution in [0.4, 0.5) is 10.1 Å². The Bertz CT molecular complexity index is 1060. The van der Waals surface area contributed by atoms with Crippen LogP contribution in [0.5, 0.6) is 0 Å². The van der Waals surface area contributed by atoms with Gasteiger partial charge in [0.15, 0.2) is 0 Å². The number of rotatable bonds is 5. The van der Waals surface area contributed by atoms with Gasteiger partial charge in [-0.3, -0.25) is 14.7 Å². The van der Waals surface area contributed by atoms with E-state index in [-0.39, 0.29) is 17.5 Å². The first kappa shape index (κ1) is 18.7. The molecular formula is C21H20FN5O2. The lowest BCUT2D eigenvalue weighted by Crippen LogP contribution is -2.37. The third-order valence-corrected chi connectivity index (χ3v) is 5.06. The van der Waals surface area contributed by atoms with Crippen LogP contribution in [0.3, 0.4) is 0 Å². The highest BCUT2D eigenvalue weighted by Crippen LogP contribution is 2.26. The third kappa shape index (κ3) is 3.69. The number of anilines is 1. The van der Waals surface area contributed by atoms with Crippen LogP contribution in [0.25, 0.3) is 11.3 Å². The topological polar surface area (TPSA) is 104 Å². The summed E-state index contributed by atoms with van der Waals surface area (Å²) in [6.07, 6.45) is 2.11. The second-order valence-electron chi connectivity index (χ2n) is 6.92. The van der Waals surface area contributed by atoms with Crippen LogP contribution in [0.15, 0.2) is 54.7 Å². The van der Waals surface area contributed by atoms with Crippen molar-refractivity contribution in [1.82, 2.24) is 15.5 Å². The maximum atomic E-state index is 14.1. The van der Waals surface area contributed by atoms with Gasteiger partial charge in [0.25, 0.3) is 11.8 Å². The number of hydrogen-bond acceptors (Lipinski definition) is 4. The van der Waals surface area contributed by atoms with Crippen LogP contribution in [0, 0.1) is 5.82 Å². The van der Waals surface area contributed by atoms with Crippen LogP contribution in [-0.2, 0) is 0 Å². The van der Waals surface area contributed by atoms with Crippen molar-refractivity contribution < 1.29 is 14.0 Å². The Morgan fingerprint density at radius 1 is 1.14 bits per heavy atom. The quantitative estimate of drug-likeness (QED) is 0.619. The minimum absolute atomic E-state index is 0.119. The summed E-state index contributed by atoms with van der Waals surface area (Å²) in [4.78, 5) is 26.5. The molecule has 1 saturated heterocycles. The minimum Gasteiger partial charge on any atom is -0.369 e. The van der Waals surface area contributed by atoms with Crippen LogP contribution in [0.1, 0.15) is 27.1 Å². The first-order chi connectivity index (χ1) is 14.0. The number of nitrogens with two attached hydrogens (primary N) is 1. The van der Waals surface area contributed by atoms with Gasteiger partial charge in [-0.1, -0.05) is 24.3 Å². The van der Waals surface area contributed by atoms with E-state index in [0.717, 1.165) is 5.69 Å². The molecule has 8 heteroatoms. The monoisotopic (exact) mass is 393 g/mol. The van der Waals surface area contributed by atoms with E-state index in [1.54, 1.807) is 30.3 Å². The van der Waals surface area contributed by atoms with E-state index in [1.165, 1.54) is 12.3 Å². The fourth-order valence-corrected chi connectivity index (χ4v) is 3.65. The van der Waals surface area contributed by atoms with Crippen molar-refractivity contribution in [3.8, 4) is 11.3 Å². The molecule has 2 aromatic carbocycles. The van der Waals surface area contributed by atoms with Gasteiger partial charge in [0.1, 0.15) is 5.82 Å². The van der Waals surface area contributed by atoms with E-state index in [2.05, 4.69) is 15.5 Å². The molecule has 0 aliphatic carbocycles. The van der Waals surface area contributed by atoms with E-state index < -0.39 is 11.7 Å². The van der Waals surface area contributed by atoms with Gasteiger partial charge in [0, 0.05) is 30.4 Å². The molecule has 1 fully saturated rings. The number of hydrogen-bond donors (Lipinski definition) is 3. The zero-order valence-electron chi connectivity index (χ0n) is 15.6. The normalized spacial score (nSPS) is 16.0. The first-order valence-electron chi connectivity index (χ1n) is 9.27. The number of primary amides is 1. The SMILES string of the molecule is NC(=O)c1ccccc1N1CCC(NC(=O)c2cn[nH]c2-c2ccccc2F)C1. The summed E-state index contributed by atoms with van der Waals surface area (Å²) in [5.41, 5.74) is 7.60. The van der Waals surface area contributed by atoms with Crippen LogP contribution in [-0.4, -0.2) is 41.1 Å². The number of amides is 2. The van der Waals surface area contributed by atoms with E-state index in [9.17, 15) is 14.0 Å². The molecule has 3 aromatic rings. The van der Waals surface area contributed by atoms with Crippen molar-refractivity contribution in [1.29, 1.82) is 0 Å². The van der Waals surface area contributed by atoms with Crippen molar-refractivity contribution in [3.63, 3.8) is 0 Å². The molecule has 0 spiro atoms. The molecule has 0 bridgehead atoms. The molecule has 4 N–H and O–H groups in total. The van der Waals surface area contributed by atoms with Gasteiger partial charge in [-0.2, -0.15) is 5.10 Å². The van der Waals surface area contributed by atoms with Crippen LogP contribution in [0.2, 0.25) is 0 Å². The summed E-state index contributed by atoms with van der Waals surface area (Å²) in [5, 5.41) is 9.61. The molecule has 2 heterocycles.